The summed E-state index contributed by atoms with van der Waals surface area (Å²) in [5.41, 5.74) is 0.996. The van der Waals surface area contributed by atoms with E-state index in [-0.39, 0.29) is 6.42 Å². The molecule has 1 rings (SSSR count). The van der Waals surface area contributed by atoms with Crippen LogP contribution in [0.5, 0.6) is 0 Å². The second kappa shape index (κ2) is 5.82. The maximum absolute atomic E-state index is 10.8. The standard InChI is InChI=1S/C14H20O3/c1-3-14(17,4-2)10-12-8-6-5-7-11(12)9-13(15)16/h5-8,17H,3-4,9-10H2,1-2H3,(H,15,16). The molecule has 17 heavy (non-hydrogen) atoms. The Bertz CT molecular complexity index is 381. The van der Waals surface area contributed by atoms with E-state index in [1.54, 1.807) is 0 Å². The Hall–Kier alpha value is -1.35. The number of rotatable bonds is 6. The number of hydrogen-bond donors (Lipinski definition) is 2. The Kier molecular flexibility index (Phi) is 4.70. The van der Waals surface area contributed by atoms with Crippen LogP contribution in [0, 0.1) is 0 Å². The van der Waals surface area contributed by atoms with Gasteiger partial charge in [0.1, 0.15) is 0 Å². The van der Waals surface area contributed by atoms with Crippen molar-refractivity contribution in [2.75, 3.05) is 0 Å². The minimum absolute atomic E-state index is 0.0136. The lowest BCUT2D eigenvalue weighted by Crippen LogP contribution is -2.30. The first-order chi connectivity index (χ1) is 8.00. The van der Waals surface area contributed by atoms with Gasteiger partial charge in [0.05, 0.1) is 12.0 Å². The van der Waals surface area contributed by atoms with Gasteiger partial charge in [0.2, 0.25) is 0 Å². The minimum Gasteiger partial charge on any atom is -0.481 e. The van der Waals surface area contributed by atoms with Crippen molar-refractivity contribution in [1.29, 1.82) is 0 Å². The first-order valence-electron chi connectivity index (χ1n) is 6.01. The molecule has 0 heterocycles. The summed E-state index contributed by atoms with van der Waals surface area (Å²) >= 11 is 0. The van der Waals surface area contributed by atoms with Gasteiger partial charge in [-0.3, -0.25) is 4.79 Å². The largest absolute Gasteiger partial charge is 0.481 e. The molecule has 0 aromatic heterocycles. The molecule has 3 heteroatoms. The molecular formula is C14H20O3. The van der Waals surface area contributed by atoms with E-state index in [0.29, 0.717) is 19.3 Å². The Balaban J connectivity index is 2.93. The molecule has 0 unspecified atom stereocenters. The monoisotopic (exact) mass is 236 g/mol. The SMILES string of the molecule is CCC(O)(CC)Cc1ccccc1CC(=O)O. The second-order valence-electron chi connectivity index (χ2n) is 4.45. The van der Waals surface area contributed by atoms with E-state index in [9.17, 15) is 9.90 Å². The van der Waals surface area contributed by atoms with E-state index in [0.717, 1.165) is 11.1 Å². The Labute approximate surface area is 102 Å². The minimum atomic E-state index is -0.839. The van der Waals surface area contributed by atoms with E-state index < -0.39 is 11.6 Å². The van der Waals surface area contributed by atoms with Gasteiger partial charge in [0, 0.05) is 6.42 Å². The molecule has 1 aromatic carbocycles. The van der Waals surface area contributed by atoms with Crippen LogP contribution in [-0.2, 0) is 17.6 Å². The molecule has 0 amide bonds. The molecular weight excluding hydrogens is 216 g/mol. The first kappa shape index (κ1) is 13.7. The molecule has 0 saturated heterocycles. The fourth-order valence-corrected chi connectivity index (χ4v) is 1.92. The third kappa shape index (κ3) is 3.86. The average Bonchev–Trinajstić information content (AvgIpc) is 2.31. The zero-order valence-corrected chi connectivity index (χ0v) is 10.4. The van der Waals surface area contributed by atoms with Crippen LogP contribution >= 0.6 is 0 Å². The topological polar surface area (TPSA) is 57.5 Å². The molecule has 0 fully saturated rings. The predicted octanol–water partition coefficient (Wildman–Crippen LogP) is 2.41. The van der Waals surface area contributed by atoms with Crippen molar-refractivity contribution >= 4 is 5.97 Å². The lowest BCUT2D eigenvalue weighted by molar-refractivity contribution is -0.136. The molecule has 0 saturated carbocycles. The number of carbonyl (C=O) groups is 1. The maximum atomic E-state index is 10.8. The summed E-state index contributed by atoms with van der Waals surface area (Å²) in [5, 5.41) is 19.1. The van der Waals surface area contributed by atoms with Crippen molar-refractivity contribution in [1.82, 2.24) is 0 Å². The van der Waals surface area contributed by atoms with E-state index in [2.05, 4.69) is 0 Å². The van der Waals surface area contributed by atoms with Crippen molar-refractivity contribution in [2.24, 2.45) is 0 Å². The smallest absolute Gasteiger partial charge is 0.307 e. The van der Waals surface area contributed by atoms with Gasteiger partial charge in [0.15, 0.2) is 0 Å². The summed E-state index contributed by atoms with van der Waals surface area (Å²) in [6, 6.07) is 7.43. The molecule has 0 aliphatic carbocycles. The van der Waals surface area contributed by atoms with Crippen molar-refractivity contribution in [2.45, 2.75) is 45.1 Å². The number of aliphatic carboxylic acids is 1. The number of hydrogen-bond acceptors (Lipinski definition) is 2. The van der Waals surface area contributed by atoms with Gasteiger partial charge >= 0.3 is 5.97 Å². The Morgan fingerprint density at radius 2 is 1.71 bits per heavy atom. The first-order valence-corrected chi connectivity index (χ1v) is 6.01. The van der Waals surface area contributed by atoms with Crippen LogP contribution in [0.25, 0.3) is 0 Å². The van der Waals surface area contributed by atoms with Gasteiger partial charge in [-0.1, -0.05) is 38.1 Å². The van der Waals surface area contributed by atoms with Crippen LogP contribution in [-0.4, -0.2) is 21.8 Å². The molecule has 2 N–H and O–H groups in total. The number of carboxylic acids is 1. The van der Waals surface area contributed by atoms with E-state index in [4.69, 9.17) is 5.11 Å². The van der Waals surface area contributed by atoms with Crippen molar-refractivity contribution in [3.8, 4) is 0 Å². The maximum Gasteiger partial charge on any atom is 0.307 e. The molecule has 94 valence electrons. The van der Waals surface area contributed by atoms with Crippen LogP contribution < -0.4 is 0 Å². The fourth-order valence-electron chi connectivity index (χ4n) is 1.92. The van der Waals surface area contributed by atoms with Gasteiger partial charge in [-0.05, 0) is 24.0 Å². The van der Waals surface area contributed by atoms with Crippen molar-refractivity contribution in [3.63, 3.8) is 0 Å². The predicted molar refractivity (Wildman–Crippen MR) is 67.0 cm³/mol. The third-order valence-corrected chi connectivity index (χ3v) is 3.30. The summed E-state index contributed by atoms with van der Waals surface area (Å²) in [7, 11) is 0. The van der Waals surface area contributed by atoms with Gasteiger partial charge in [-0.15, -0.1) is 0 Å². The van der Waals surface area contributed by atoms with E-state index >= 15 is 0 Å². The summed E-state index contributed by atoms with van der Waals surface area (Å²) in [6.07, 6.45) is 1.87. The molecule has 0 aliphatic rings. The zero-order valence-electron chi connectivity index (χ0n) is 10.4. The van der Waals surface area contributed by atoms with Gasteiger partial charge < -0.3 is 10.2 Å². The highest BCUT2D eigenvalue weighted by molar-refractivity contribution is 5.70. The van der Waals surface area contributed by atoms with E-state index in [1.807, 2.05) is 38.1 Å². The Morgan fingerprint density at radius 3 is 2.18 bits per heavy atom. The van der Waals surface area contributed by atoms with Crippen LogP contribution in [0.1, 0.15) is 37.8 Å². The van der Waals surface area contributed by atoms with Gasteiger partial charge in [-0.25, -0.2) is 0 Å². The molecule has 0 atom stereocenters. The quantitative estimate of drug-likeness (QED) is 0.797. The highest BCUT2D eigenvalue weighted by Crippen LogP contribution is 2.23. The summed E-state index contributed by atoms with van der Waals surface area (Å²) < 4.78 is 0. The lowest BCUT2D eigenvalue weighted by Gasteiger charge is -2.26. The molecule has 0 radical (unpaired) electrons. The van der Waals surface area contributed by atoms with Crippen LogP contribution in [0.2, 0.25) is 0 Å². The number of aliphatic hydroxyl groups is 1. The third-order valence-electron chi connectivity index (χ3n) is 3.30. The van der Waals surface area contributed by atoms with Gasteiger partial charge in [-0.2, -0.15) is 0 Å². The summed E-state index contributed by atoms with van der Waals surface area (Å²) in [6.45, 7) is 3.90. The van der Waals surface area contributed by atoms with Crippen molar-refractivity contribution in [3.05, 3.63) is 35.4 Å². The number of carboxylic acid groups (broad SMARTS) is 1. The second-order valence-corrected chi connectivity index (χ2v) is 4.45. The zero-order chi connectivity index (χ0) is 12.9. The average molecular weight is 236 g/mol. The highest BCUT2D eigenvalue weighted by atomic mass is 16.4. The van der Waals surface area contributed by atoms with Crippen LogP contribution in [0.4, 0.5) is 0 Å². The fraction of sp³-hybridized carbons (Fsp3) is 0.500. The molecule has 3 nitrogen and oxygen atoms in total. The molecule has 0 spiro atoms. The molecule has 0 bridgehead atoms. The Morgan fingerprint density at radius 1 is 1.18 bits per heavy atom. The van der Waals surface area contributed by atoms with E-state index in [1.165, 1.54) is 0 Å². The molecule has 1 aromatic rings. The highest BCUT2D eigenvalue weighted by Gasteiger charge is 2.23. The van der Waals surface area contributed by atoms with Crippen molar-refractivity contribution < 1.29 is 15.0 Å². The van der Waals surface area contributed by atoms with Crippen LogP contribution in [0.3, 0.4) is 0 Å². The lowest BCUT2D eigenvalue weighted by atomic mass is 9.87. The molecule has 0 aliphatic heterocycles. The summed E-state index contributed by atoms with van der Waals surface area (Å²) in [4.78, 5) is 10.8. The normalized spacial score (nSPS) is 11.5. The van der Waals surface area contributed by atoms with Gasteiger partial charge in [0.25, 0.3) is 0 Å². The number of benzene rings is 1. The summed E-state index contributed by atoms with van der Waals surface area (Å²) in [5.74, 6) is -0.839. The van der Waals surface area contributed by atoms with Crippen LogP contribution in [0.15, 0.2) is 24.3 Å².